The first-order chi connectivity index (χ1) is 8.10. The molecule has 2 N–H and O–H groups in total. The van der Waals surface area contributed by atoms with Gasteiger partial charge < -0.3 is 10.6 Å². The number of amides is 1. The van der Waals surface area contributed by atoms with Crippen LogP contribution in [0.5, 0.6) is 0 Å². The zero-order valence-corrected chi connectivity index (χ0v) is 11.3. The van der Waals surface area contributed by atoms with Gasteiger partial charge in [0.05, 0.1) is 0 Å². The van der Waals surface area contributed by atoms with E-state index in [1.807, 2.05) is 13.3 Å². The highest BCUT2D eigenvalue weighted by Crippen LogP contribution is 2.12. The van der Waals surface area contributed by atoms with Gasteiger partial charge in [-0.15, -0.1) is 0 Å². The lowest BCUT2D eigenvalue weighted by molar-refractivity contribution is 0.0738. The van der Waals surface area contributed by atoms with Gasteiger partial charge in [-0.1, -0.05) is 13.0 Å². The van der Waals surface area contributed by atoms with Crippen LogP contribution in [0.4, 0.5) is 5.82 Å². The van der Waals surface area contributed by atoms with E-state index < -0.39 is 0 Å². The van der Waals surface area contributed by atoms with E-state index in [2.05, 4.69) is 11.9 Å². The Morgan fingerprint density at radius 1 is 1.59 bits per heavy atom. The first kappa shape index (κ1) is 13.8. The summed E-state index contributed by atoms with van der Waals surface area (Å²) in [7, 11) is 1.82. The van der Waals surface area contributed by atoms with Crippen molar-refractivity contribution >= 4 is 23.5 Å². The van der Waals surface area contributed by atoms with Gasteiger partial charge in [0, 0.05) is 18.8 Å². The minimum Gasteiger partial charge on any atom is -0.384 e. The Morgan fingerprint density at radius 3 is 2.82 bits per heavy atom. The van der Waals surface area contributed by atoms with Crippen LogP contribution < -0.4 is 5.73 Å². The Hall–Kier alpha value is -1.23. The van der Waals surface area contributed by atoms with E-state index in [0.717, 1.165) is 12.2 Å². The van der Waals surface area contributed by atoms with E-state index in [1.54, 1.807) is 34.9 Å². The van der Waals surface area contributed by atoms with Crippen LogP contribution in [-0.4, -0.2) is 40.9 Å². The fraction of sp³-hybridized carbons (Fsp3) is 0.500. The molecule has 1 aromatic heterocycles. The molecule has 5 heteroatoms. The maximum absolute atomic E-state index is 12.2. The third kappa shape index (κ3) is 3.63. The summed E-state index contributed by atoms with van der Waals surface area (Å²) in [6.07, 6.45) is 2.98. The number of thioether (sulfide) groups is 1. The molecule has 0 aromatic carbocycles. The highest BCUT2D eigenvalue weighted by atomic mass is 32.2. The first-order valence-corrected chi connectivity index (χ1v) is 6.98. The Balaban J connectivity index is 2.81. The molecule has 0 saturated heterocycles. The summed E-state index contributed by atoms with van der Waals surface area (Å²) in [5.74, 6) is 1.24. The largest absolute Gasteiger partial charge is 0.384 e. The second-order valence-electron chi connectivity index (χ2n) is 3.88. The number of carbonyl (C=O) groups is 1. The Morgan fingerprint density at radius 2 is 2.29 bits per heavy atom. The number of nitrogen functional groups attached to an aromatic ring is 1. The zero-order valence-electron chi connectivity index (χ0n) is 10.5. The summed E-state index contributed by atoms with van der Waals surface area (Å²) in [4.78, 5) is 18.0. The molecule has 4 nitrogen and oxygen atoms in total. The quantitative estimate of drug-likeness (QED) is 0.870. The van der Waals surface area contributed by atoms with E-state index in [-0.39, 0.29) is 11.9 Å². The molecule has 0 bridgehead atoms. The van der Waals surface area contributed by atoms with E-state index in [9.17, 15) is 4.79 Å². The molecular weight excluding hydrogens is 234 g/mol. The molecule has 1 heterocycles. The molecule has 1 unspecified atom stereocenters. The monoisotopic (exact) mass is 253 g/mol. The molecule has 1 atom stereocenters. The summed E-state index contributed by atoms with van der Waals surface area (Å²) in [6, 6.07) is 5.36. The van der Waals surface area contributed by atoms with E-state index in [1.165, 1.54) is 0 Å². The van der Waals surface area contributed by atoms with Crippen molar-refractivity contribution in [2.75, 3.05) is 24.8 Å². The molecule has 1 aromatic rings. The fourth-order valence-corrected chi connectivity index (χ4v) is 2.46. The number of nitrogens with zero attached hydrogens (tertiary/aromatic N) is 2. The molecule has 0 aliphatic heterocycles. The van der Waals surface area contributed by atoms with Gasteiger partial charge in [-0.25, -0.2) is 4.98 Å². The number of pyridine rings is 1. The van der Waals surface area contributed by atoms with Crippen LogP contribution in [0.2, 0.25) is 0 Å². The standard InChI is InChI=1S/C12H19N3OS/c1-4-9(8-17-3)15(2)12(16)10-6-5-7-11(13)14-10/h5-7,9H,4,8H2,1-3H3,(H2,13,14). The summed E-state index contributed by atoms with van der Waals surface area (Å²) in [5, 5.41) is 0. The van der Waals surface area contributed by atoms with Crippen LogP contribution in [0.1, 0.15) is 23.8 Å². The number of hydrogen-bond acceptors (Lipinski definition) is 4. The Labute approximate surface area is 107 Å². The van der Waals surface area contributed by atoms with Crippen LogP contribution in [0, 0.1) is 0 Å². The van der Waals surface area contributed by atoms with Crippen molar-refractivity contribution in [2.24, 2.45) is 0 Å². The molecule has 1 rings (SSSR count). The average Bonchev–Trinajstić information content (AvgIpc) is 2.34. The summed E-state index contributed by atoms with van der Waals surface area (Å²) in [5.41, 5.74) is 5.99. The lowest BCUT2D eigenvalue weighted by Gasteiger charge is -2.26. The summed E-state index contributed by atoms with van der Waals surface area (Å²) < 4.78 is 0. The van der Waals surface area contributed by atoms with Crippen LogP contribution in [0.3, 0.4) is 0 Å². The third-order valence-corrected chi connectivity index (χ3v) is 3.41. The number of hydrogen-bond donors (Lipinski definition) is 1. The smallest absolute Gasteiger partial charge is 0.272 e. The van der Waals surface area contributed by atoms with E-state index >= 15 is 0 Å². The zero-order chi connectivity index (χ0) is 12.8. The van der Waals surface area contributed by atoms with E-state index in [4.69, 9.17) is 5.73 Å². The van der Waals surface area contributed by atoms with E-state index in [0.29, 0.717) is 11.5 Å². The summed E-state index contributed by atoms with van der Waals surface area (Å²) >= 11 is 1.74. The molecule has 0 spiro atoms. The second kappa shape index (κ2) is 6.49. The van der Waals surface area contributed by atoms with Crippen molar-refractivity contribution in [3.05, 3.63) is 23.9 Å². The third-order valence-electron chi connectivity index (χ3n) is 2.69. The van der Waals surface area contributed by atoms with Gasteiger partial charge in [0.15, 0.2) is 0 Å². The number of aromatic nitrogens is 1. The topological polar surface area (TPSA) is 59.2 Å². The molecule has 94 valence electrons. The van der Waals surface area contributed by atoms with Gasteiger partial charge in [0.25, 0.3) is 5.91 Å². The number of rotatable bonds is 5. The van der Waals surface area contributed by atoms with Gasteiger partial charge in [-0.2, -0.15) is 11.8 Å². The summed E-state index contributed by atoms with van der Waals surface area (Å²) in [6.45, 7) is 2.08. The minimum atomic E-state index is -0.0711. The number of carbonyl (C=O) groups excluding carboxylic acids is 1. The van der Waals surface area contributed by atoms with Crippen molar-refractivity contribution < 1.29 is 4.79 Å². The lowest BCUT2D eigenvalue weighted by atomic mass is 10.2. The van der Waals surface area contributed by atoms with Crippen LogP contribution in [-0.2, 0) is 0 Å². The van der Waals surface area contributed by atoms with Gasteiger partial charge in [-0.3, -0.25) is 4.79 Å². The van der Waals surface area contributed by atoms with Gasteiger partial charge in [0.1, 0.15) is 11.5 Å². The van der Waals surface area contributed by atoms with Crippen molar-refractivity contribution in [1.29, 1.82) is 0 Å². The predicted molar refractivity (Wildman–Crippen MR) is 73.2 cm³/mol. The van der Waals surface area contributed by atoms with Crippen molar-refractivity contribution in [2.45, 2.75) is 19.4 Å². The van der Waals surface area contributed by atoms with Crippen LogP contribution >= 0.6 is 11.8 Å². The second-order valence-corrected chi connectivity index (χ2v) is 4.79. The SMILES string of the molecule is CCC(CSC)N(C)C(=O)c1cccc(N)n1. The average molecular weight is 253 g/mol. The molecule has 17 heavy (non-hydrogen) atoms. The Kier molecular flexibility index (Phi) is 5.28. The Bertz CT molecular complexity index is 384. The maximum Gasteiger partial charge on any atom is 0.272 e. The van der Waals surface area contributed by atoms with Gasteiger partial charge in [0.2, 0.25) is 0 Å². The maximum atomic E-state index is 12.2. The van der Waals surface area contributed by atoms with Crippen molar-refractivity contribution in [3.8, 4) is 0 Å². The van der Waals surface area contributed by atoms with Crippen molar-refractivity contribution in [3.63, 3.8) is 0 Å². The molecule has 0 radical (unpaired) electrons. The minimum absolute atomic E-state index is 0.0711. The highest BCUT2D eigenvalue weighted by molar-refractivity contribution is 7.98. The number of anilines is 1. The fourth-order valence-electron chi connectivity index (χ4n) is 1.61. The normalized spacial score (nSPS) is 12.2. The van der Waals surface area contributed by atoms with Gasteiger partial charge in [-0.05, 0) is 24.8 Å². The molecular formula is C12H19N3OS. The van der Waals surface area contributed by atoms with Crippen LogP contribution in [0.25, 0.3) is 0 Å². The molecule has 0 aliphatic carbocycles. The predicted octanol–water partition coefficient (Wildman–Crippen LogP) is 1.88. The first-order valence-electron chi connectivity index (χ1n) is 5.58. The molecule has 0 fully saturated rings. The van der Waals surface area contributed by atoms with Crippen LogP contribution in [0.15, 0.2) is 18.2 Å². The lowest BCUT2D eigenvalue weighted by Crippen LogP contribution is -2.38. The molecule has 0 aliphatic rings. The highest BCUT2D eigenvalue weighted by Gasteiger charge is 2.20. The molecule has 1 amide bonds. The number of nitrogens with two attached hydrogens (primary N) is 1. The molecule has 0 saturated carbocycles. The van der Waals surface area contributed by atoms with Gasteiger partial charge >= 0.3 is 0 Å². The van der Waals surface area contributed by atoms with Crippen molar-refractivity contribution in [1.82, 2.24) is 9.88 Å².